The molecule has 0 spiro atoms. The highest BCUT2D eigenvalue weighted by molar-refractivity contribution is 6.03. The minimum Gasteiger partial charge on any atom is -0.406 e. The number of carbonyl (C=O) groups excluding carboxylic acids is 4. The number of benzene rings is 2. The van der Waals surface area contributed by atoms with Gasteiger partial charge in [0.1, 0.15) is 17.8 Å². The van der Waals surface area contributed by atoms with Gasteiger partial charge in [0, 0.05) is 43.5 Å². The van der Waals surface area contributed by atoms with Crippen LogP contribution in [0.3, 0.4) is 0 Å². The molecule has 2 aromatic carbocycles. The van der Waals surface area contributed by atoms with Gasteiger partial charge in [-0.05, 0) is 60.9 Å². The number of amides is 2. The van der Waals surface area contributed by atoms with Crippen LogP contribution in [-0.2, 0) is 9.59 Å². The molecule has 220 valence electrons. The van der Waals surface area contributed by atoms with E-state index in [9.17, 15) is 32.3 Å². The molecule has 0 bridgehead atoms. The maximum absolute atomic E-state index is 13.9. The smallest absolute Gasteiger partial charge is 0.406 e. The molecule has 0 aromatic heterocycles. The zero-order chi connectivity index (χ0) is 30.1. The molecular formula is C29H33F3N4O5. The van der Waals surface area contributed by atoms with Gasteiger partial charge in [0.2, 0.25) is 5.91 Å². The van der Waals surface area contributed by atoms with Gasteiger partial charge in [0.05, 0.1) is 12.5 Å². The van der Waals surface area contributed by atoms with E-state index in [1.165, 1.54) is 17.0 Å². The third-order valence-electron chi connectivity index (χ3n) is 7.29. The maximum Gasteiger partial charge on any atom is 0.573 e. The third kappa shape index (κ3) is 6.87. The van der Waals surface area contributed by atoms with Gasteiger partial charge in [-0.3, -0.25) is 19.2 Å². The number of ketones is 2. The van der Waals surface area contributed by atoms with Crippen molar-refractivity contribution in [2.75, 3.05) is 32.1 Å². The summed E-state index contributed by atoms with van der Waals surface area (Å²) in [7, 11) is 3.76. The summed E-state index contributed by atoms with van der Waals surface area (Å²) in [6.45, 7) is 3.72. The van der Waals surface area contributed by atoms with Crippen LogP contribution in [0.2, 0.25) is 0 Å². The average molecular weight is 575 g/mol. The van der Waals surface area contributed by atoms with Gasteiger partial charge < -0.3 is 25.2 Å². The number of hydrogen-bond donors (Lipinski definition) is 2. The summed E-state index contributed by atoms with van der Waals surface area (Å²) in [5.41, 5.74) is 1.41. The first-order valence-corrected chi connectivity index (χ1v) is 13.3. The Kier molecular flexibility index (Phi) is 8.71. The van der Waals surface area contributed by atoms with Crippen LogP contribution in [-0.4, -0.2) is 80.0 Å². The van der Waals surface area contributed by atoms with Crippen LogP contribution in [0.15, 0.2) is 48.5 Å². The second kappa shape index (κ2) is 11.9. The van der Waals surface area contributed by atoms with E-state index in [1.54, 1.807) is 24.3 Å². The predicted octanol–water partition coefficient (Wildman–Crippen LogP) is 3.05. The number of fused-ring (bicyclic) bond motifs is 1. The fraction of sp³-hybridized carbons (Fsp3) is 0.448. The minimum absolute atomic E-state index is 0.0271. The lowest BCUT2D eigenvalue weighted by Crippen LogP contribution is -2.52. The molecule has 41 heavy (non-hydrogen) atoms. The number of likely N-dealkylation sites (tertiary alicyclic amines) is 1. The molecule has 2 aromatic rings. The van der Waals surface area contributed by atoms with Gasteiger partial charge in [-0.1, -0.05) is 13.8 Å². The molecule has 2 aliphatic rings. The molecular weight excluding hydrogens is 541 g/mol. The van der Waals surface area contributed by atoms with E-state index in [0.29, 0.717) is 12.0 Å². The molecule has 0 aliphatic carbocycles. The van der Waals surface area contributed by atoms with E-state index in [4.69, 9.17) is 0 Å². The van der Waals surface area contributed by atoms with Crippen LogP contribution in [0.4, 0.5) is 18.9 Å². The molecule has 2 amide bonds. The summed E-state index contributed by atoms with van der Waals surface area (Å²) in [6.07, 6.45) is -4.55. The van der Waals surface area contributed by atoms with E-state index < -0.39 is 53.8 Å². The molecule has 2 saturated heterocycles. The molecule has 4 atom stereocenters. The number of carbonyl (C=O) groups is 4. The quantitative estimate of drug-likeness (QED) is 0.444. The van der Waals surface area contributed by atoms with Crippen molar-refractivity contribution in [3.05, 3.63) is 59.7 Å². The normalized spacial score (nSPS) is 21.0. The molecule has 4 rings (SSSR count). The number of nitrogens with zero attached hydrogens (tertiary/aromatic N) is 2. The Morgan fingerprint density at radius 1 is 1.05 bits per heavy atom. The van der Waals surface area contributed by atoms with Crippen molar-refractivity contribution in [2.24, 2.45) is 11.8 Å². The Labute approximate surface area is 236 Å². The number of ether oxygens (including phenoxy) is 1. The van der Waals surface area contributed by atoms with Crippen LogP contribution >= 0.6 is 0 Å². The zero-order valence-corrected chi connectivity index (χ0v) is 23.2. The Morgan fingerprint density at radius 3 is 2.22 bits per heavy atom. The minimum atomic E-state index is -4.86. The monoisotopic (exact) mass is 574 g/mol. The van der Waals surface area contributed by atoms with E-state index in [-0.39, 0.29) is 30.4 Å². The SMILES string of the molecule is CC(C)C[C@H](NC(=O)c1ccc(N(C)C)cc1)C(=O)N1CC(C(=O)c2ccc(OC(F)(F)F)cc2)[C@H]2NCC(=O)[C@H]21. The lowest BCUT2D eigenvalue weighted by atomic mass is 9.91. The van der Waals surface area contributed by atoms with E-state index in [1.807, 2.05) is 32.8 Å². The first-order chi connectivity index (χ1) is 19.2. The number of anilines is 1. The van der Waals surface area contributed by atoms with E-state index >= 15 is 0 Å². The fourth-order valence-electron chi connectivity index (χ4n) is 5.36. The first-order valence-electron chi connectivity index (χ1n) is 13.3. The first kappa shape index (κ1) is 30.0. The lowest BCUT2D eigenvalue weighted by Gasteiger charge is -2.28. The molecule has 2 N–H and O–H groups in total. The van der Waals surface area contributed by atoms with Gasteiger partial charge >= 0.3 is 6.36 Å². The molecule has 2 heterocycles. The molecule has 0 saturated carbocycles. The maximum atomic E-state index is 13.9. The van der Waals surface area contributed by atoms with Crippen molar-refractivity contribution >= 4 is 29.1 Å². The van der Waals surface area contributed by atoms with Crippen LogP contribution in [0.25, 0.3) is 0 Å². The van der Waals surface area contributed by atoms with Crippen molar-refractivity contribution in [1.29, 1.82) is 0 Å². The molecule has 12 heteroatoms. The summed E-state index contributed by atoms with van der Waals surface area (Å²) < 4.78 is 41.4. The van der Waals surface area contributed by atoms with Crippen LogP contribution in [0, 0.1) is 11.8 Å². The number of hydrogen-bond acceptors (Lipinski definition) is 7. The van der Waals surface area contributed by atoms with Gasteiger partial charge in [0.25, 0.3) is 5.91 Å². The van der Waals surface area contributed by atoms with Crippen LogP contribution < -0.4 is 20.3 Å². The Hall–Kier alpha value is -3.93. The summed E-state index contributed by atoms with van der Waals surface area (Å²) in [5.74, 6) is -2.80. The largest absolute Gasteiger partial charge is 0.573 e. The number of nitrogens with one attached hydrogen (secondary N) is 2. The van der Waals surface area contributed by atoms with Crippen LogP contribution in [0.1, 0.15) is 41.0 Å². The van der Waals surface area contributed by atoms with Crippen LogP contribution in [0.5, 0.6) is 5.75 Å². The van der Waals surface area contributed by atoms with E-state index in [0.717, 1.165) is 17.8 Å². The number of Topliss-reactive ketones (excluding diaryl/α,β-unsaturated/α-hetero) is 2. The Morgan fingerprint density at radius 2 is 1.66 bits per heavy atom. The summed E-state index contributed by atoms with van der Waals surface area (Å²) in [6, 6.07) is 8.97. The summed E-state index contributed by atoms with van der Waals surface area (Å²) in [4.78, 5) is 56.5. The molecule has 1 unspecified atom stereocenters. The highest BCUT2D eigenvalue weighted by atomic mass is 19.4. The number of alkyl halides is 3. The second-order valence-electron chi connectivity index (χ2n) is 10.9. The third-order valence-corrected chi connectivity index (χ3v) is 7.29. The standard InChI is InChI=1S/C29H33F3N4O5/c1-16(2)13-22(34-27(39)18-5-9-19(10-6-18)35(3)4)28(40)36-15-21(24-25(36)23(37)14-33-24)26(38)17-7-11-20(12-8-17)41-29(30,31)32/h5-12,16,21-22,24-25,33H,13-15H2,1-4H3,(H,34,39)/t21?,22-,24+,25+/m0/s1. The molecule has 9 nitrogen and oxygen atoms in total. The molecule has 0 radical (unpaired) electrons. The van der Waals surface area contributed by atoms with Crippen molar-refractivity contribution in [1.82, 2.24) is 15.5 Å². The van der Waals surface area contributed by atoms with Crippen molar-refractivity contribution in [3.8, 4) is 5.75 Å². The van der Waals surface area contributed by atoms with E-state index in [2.05, 4.69) is 15.4 Å². The Balaban J connectivity index is 1.53. The number of rotatable bonds is 9. The summed E-state index contributed by atoms with van der Waals surface area (Å²) in [5, 5.41) is 5.85. The molecule has 2 fully saturated rings. The van der Waals surface area contributed by atoms with Gasteiger partial charge in [-0.25, -0.2) is 0 Å². The molecule has 2 aliphatic heterocycles. The predicted molar refractivity (Wildman–Crippen MR) is 145 cm³/mol. The highest BCUT2D eigenvalue weighted by Gasteiger charge is 2.54. The summed E-state index contributed by atoms with van der Waals surface area (Å²) >= 11 is 0. The lowest BCUT2D eigenvalue weighted by molar-refractivity contribution is -0.274. The topological polar surface area (TPSA) is 108 Å². The van der Waals surface area contributed by atoms with Crippen molar-refractivity contribution in [3.63, 3.8) is 0 Å². The fourth-order valence-corrected chi connectivity index (χ4v) is 5.36. The Bertz CT molecular complexity index is 1300. The van der Waals surface area contributed by atoms with Crippen molar-refractivity contribution in [2.45, 2.75) is 44.8 Å². The van der Waals surface area contributed by atoms with Gasteiger partial charge in [-0.2, -0.15) is 0 Å². The second-order valence-corrected chi connectivity index (χ2v) is 10.9. The van der Waals surface area contributed by atoms with Gasteiger partial charge in [-0.15, -0.1) is 13.2 Å². The van der Waals surface area contributed by atoms with Gasteiger partial charge in [0.15, 0.2) is 11.6 Å². The zero-order valence-electron chi connectivity index (χ0n) is 23.2. The highest BCUT2D eigenvalue weighted by Crippen LogP contribution is 2.32. The van der Waals surface area contributed by atoms with Crippen molar-refractivity contribution < 1.29 is 37.1 Å². The number of halogens is 3. The average Bonchev–Trinajstić information content (AvgIpc) is 3.47.